The number of benzene rings is 2. The van der Waals surface area contributed by atoms with Gasteiger partial charge in [-0.25, -0.2) is 0 Å². The summed E-state index contributed by atoms with van der Waals surface area (Å²) in [5.74, 6) is 1.05. The number of hydrogen-bond donors (Lipinski definition) is 0. The summed E-state index contributed by atoms with van der Waals surface area (Å²) in [4.78, 5) is 0. The van der Waals surface area contributed by atoms with Crippen molar-refractivity contribution in [3.8, 4) is 5.75 Å². The Hall–Kier alpha value is -1.28. The standard InChI is InChI=1S/C17H24OSi/c1-13-15-10-8-7-9-14(15)11-12-16(13)18-19(5,6)17(2,3)4/h7-12H,1-6H3. The van der Waals surface area contributed by atoms with Crippen LogP contribution in [0.2, 0.25) is 18.1 Å². The van der Waals surface area contributed by atoms with E-state index in [-0.39, 0.29) is 5.04 Å². The van der Waals surface area contributed by atoms with Gasteiger partial charge in [0.05, 0.1) is 0 Å². The van der Waals surface area contributed by atoms with Crippen LogP contribution in [-0.2, 0) is 0 Å². The zero-order valence-corrected chi connectivity index (χ0v) is 13.9. The molecule has 2 heteroatoms. The molecule has 2 aromatic rings. The van der Waals surface area contributed by atoms with Crippen molar-refractivity contribution in [1.29, 1.82) is 0 Å². The van der Waals surface area contributed by atoms with Crippen LogP contribution in [0.25, 0.3) is 10.8 Å². The minimum Gasteiger partial charge on any atom is -0.543 e. The second-order valence-electron chi connectivity index (χ2n) is 6.77. The number of fused-ring (bicyclic) bond motifs is 1. The first-order valence-corrected chi connectivity index (χ1v) is 9.80. The third-order valence-corrected chi connectivity index (χ3v) is 8.66. The molecular weight excluding hydrogens is 248 g/mol. The first kappa shape index (κ1) is 14.1. The Morgan fingerprint density at radius 1 is 0.947 bits per heavy atom. The lowest BCUT2D eigenvalue weighted by molar-refractivity contribution is 0.490. The number of aryl methyl sites for hydroxylation is 1. The van der Waals surface area contributed by atoms with Gasteiger partial charge in [0.2, 0.25) is 8.32 Å². The normalized spacial score (nSPS) is 12.7. The molecule has 0 amide bonds. The number of hydrogen-bond acceptors (Lipinski definition) is 1. The van der Waals surface area contributed by atoms with Gasteiger partial charge < -0.3 is 4.43 Å². The summed E-state index contributed by atoms with van der Waals surface area (Å²) >= 11 is 0. The van der Waals surface area contributed by atoms with E-state index in [1.807, 2.05) is 0 Å². The highest BCUT2D eigenvalue weighted by molar-refractivity contribution is 6.74. The van der Waals surface area contributed by atoms with Crippen LogP contribution >= 0.6 is 0 Å². The number of rotatable bonds is 2. The smallest absolute Gasteiger partial charge is 0.250 e. The van der Waals surface area contributed by atoms with Gasteiger partial charge in [0.15, 0.2) is 0 Å². The van der Waals surface area contributed by atoms with Gasteiger partial charge in [0.1, 0.15) is 5.75 Å². The van der Waals surface area contributed by atoms with Gasteiger partial charge in [-0.3, -0.25) is 0 Å². The topological polar surface area (TPSA) is 9.23 Å². The van der Waals surface area contributed by atoms with E-state index < -0.39 is 8.32 Å². The second kappa shape index (κ2) is 4.68. The van der Waals surface area contributed by atoms with Crippen LogP contribution in [0, 0.1) is 6.92 Å². The fourth-order valence-electron chi connectivity index (χ4n) is 1.95. The first-order valence-electron chi connectivity index (χ1n) is 6.90. The maximum Gasteiger partial charge on any atom is 0.250 e. The zero-order valence-electron chi connectivity index (χ0n) is 12.9. The Kier molecular flexibility index (Phi) is 3.48. The Morgan fingerprint density at radius 2 is 1.58 bits per heavy atom. The maximum atomic E-state index is 6.44. The van der Waals surface area contributed by atoms with Crippen LogP contribution in [0.4, 0.5) is 0 Å². The molecule has 0 aliphatic rings. The van der Waals surface area contributed by atoms with Crippen molar-refractivity contribution in [3.05, 3.63) is 42.0 Å². The Bertz CT molecular complexity index is 594. The summed E-state index contributed by atoms with van der Waals surface area (Å²) in [6.07, 6.45) is 0. The molecule has 0 saturated heterocycles. The minimum atomic E-state index is -1.76. The summed E-state index contributed by atoms with van der Waals surface area (Å²) in [6.45, 7) is 13.6. The minimum absolute atomic E-state index is 0.227. The Labute approximate surface area is 117 Å². The predicted octanol–water partition coefficient (Wildman–Crippen LogP) is 5.53. The van der Waals surface area contributed by atoms with Crippen LogP contribution in [0.3, 0.4) is 0 Å². The molecule has 19 heavy (non-hydrogen) atoms. The molecule has 102 valence electrons. The van der Waals surface area contributed by atoms with Crippen LogP contribution in [0.5, 0.6) is 5.75 Å². The largest absolute Gasteiger partial charge is 0.543 e. The summed E-state index contributed by atoms with van der Waals surface area (Å²) in [6, 6.07) is 12.8. The fraction of sp³-hybridized carbons (Fsp3) is 0.412. The molecule has 0 radical (unpaired) electrons. The van der Waals surface area contributed by atoms with E-state index in [2.05, 4.69) is 77.2 Å². The van der Waals surface area contributed by atoms with Gasteiger partial charge >= 0.3 is 0 Å². The third-order valence-electron chi connectivity index (χ3n) is 4.32. The molecule has 0 bridgehead atoms. The molecule has 0 unspecified atom stereocenters. The highest BCUT2D eigenvalue weighted by atomic mass is 28.4. The SMILES string of the molecule is Cc1c(O[Si](C)(C)C(C)(C)C)ccc2ccccc12. The molecule has 0 atom stereocenters. The van der Waals surface area contributed by atoms with E-state index in [4.69, 9.17) is 4.43 Å². The van der Waals surface area contributed by atoms with Crippen LogP contribution in [0.1, 0.15) is 26.3 Å². The van der Waals surface area contributed by atoms with Crippen molar-refractivity contribution in [1.82, 2.24) is 0 Å². The van der Waals surface area contributed by atoms with Gasteiger partial charge in [-0.1, -0.05) is 51.1 Å². The molecular formula is C17H24OSi. The highest BCUT2D eigenvalue weighted by Crippen LogP contribution is 2.39. The van der Waals surface area contributed by atoms with Crippen LogP contribution in [0.15, 0.2) is 36.4 Å². The van der Waals surface area contributed by atoms with Gasteiger partial charge in [-0.05, 0) is 47.5 Å². The first-order chi connectivity index (χ1) is 8.72. The van der Waals surface area contributed by atoms with Crippen molar-refractivity contribution in [2.24, 2.45) is 0 Å². The van der Waals surface area contributed by atoms with Crippen molar-refractivity contribution in [2.75, 3.05) is 0 Å². The molecule has 0 aliphatic heterocycles. The maximum absolute atomic E-state index is 6.44. The van der Waals surface area contributed by atoms with E-state index in [0.29, 0.717) is 0 Å². The summed E-state index contributed by atoms with van der Waals surface area (Å²) in [5.41, 5.74) is 1.25. The molecule has 2 aromatic carbocycles. The molecule has 0 fully saturated rings. The summed E-state index contributed by atoms with van der Waals surface area (Å²) in [5, 5.41) is 2.80. The van der Waals surface area contributed by atoms with Crippen LogP contribution in [-0.4, -0.2) is 8.32 Å². The van der Waals surface area contributed by atoms with Crippen molar-refractivity contribution >= 4 is 19.1 Å². The molecule has 0 spiro atoms. The Balaban J connectivity index is 2.45. The van der Waals surface area contributed by atoms with E-state index in [0.717, 1.165) is 5.75 Å². The van der Waals surface area contributed by atoms with E-state index >= 15 is 0 Å². The average molecular weight is 272 g/mol. The van der Waals surface area contributed by atoms with Gasteiger partial charge in [0, 0.05) is 0 Å². The van der Waals surface area contributed by atoms with Crippen molar-refractivity contribution in [3.63, 3.8) is 0 Å². The lowest BCUT2D eigenvalue weighted by Crippen LogP contribution is -2.44. The average Bonchev–Trinajstić information content (AvgIpc) is 2.31. The van der Waals surface area contributed by atoms with Gasteiger partial charge in [-0.2, -0.15) is 0 Å². The highest BCUT2D eigenvalue weighted by Gasteiger charge is 2.39. The van der Waals surface area contributed by atoms with E-state index in [9.17, 15) is 0 Å². The molecule has 0 aliphatic carbocycles. The summed E-state index contributed by atoms with van der Waals surface area (Å²) in [7, 11) is -1.76. The quantitative estimate of drug-likeness (QED) is 0.653. The van der Waals surface area contributed by atoms with Gasteiger partial charge in [0.25, 0.3) is 0 Å². The van der Waals surface area contributed by atoms with Crippen molar-refractivity contribution < 1.29 is 4.43 Å². The lowest BCUT2D eigenvalue weighted by Gasteiger charge is -2.37. The predicted molar refractivity (Wildman–Crippen MR) is 86.5 cm³/mol. The van der Waals surface area contributed by atoms with Crippen molar-refractivity contribution in [2.45, 2.75) is 45.8 Å². The van der Waals surface area contributed by atoms with Gasteiger partial charge in [-0.15, -0.1) is 0 Å². The molecule has 0 N–H and O–H groups in total. The van der Waals surface area contributed by atoms with E-state index in [1.54, 1.807) is 0 Å². The molecule has 2 rings (SSSR count). The van der Waals surface area contributed by atoms with E-state index in [1.165, 1.54) is 16.3 Å². The lowest BCUT2D eigenvalue weighted by atomic mass is 10.1. The molecule has 0 saturated carbocycles. The monoisotopic (exact) mass is 272 g/mol. The van der Waals surface area contributed by atoms with Crippen LogP contribution < -0.4 is 4.43 Å². The molecule has 0 heterocycles. The molecule has 0 aromatic heterocycles. The Morgan fingerprint density at radius 3 is 2.21 bits per heavy atom. The fourth-order valence-corrected chi connectivity index (χ4v) is 3.02. The second-order valence-corrected chi connectivity index (χ2v) is 11.5. The third kappa shape index (κ3) is 2.69. The molecule has 1 nitrogen and oxygen atoms in total. The zero-order chi connectivity index (χ0) is 14.3. The summed E-state index contributed by atoms with van der Waals surface area (Å²) < 4.78 is 6.44.